The number of carbonyl (C=O) groups is 3. The number of rotatable bonds is 1. The minimum absolute atomic E-state index is 0.104. The van der Waals surface area contributed by atoms with Gasteiger partial charge in [-0.15, -0.1) is 0 Å². The Morgan fingerprint density at radius 3 is 2.11 bits per heavy atom. The quantitative estimate of drug-likeness (QED) is 0.716. The lowest BCUT2D eigenvalue weighted by molar-refractivity contribution is -0.138. The summed E-state index contributed by atoms with van der Waals surface area (Å²) in [6.07, 6.45) is 0. The third kappa shape index (κ3) is 1.19. The average molecular weight is 244 g/mol. The van der Waals surface area contributed by atoms with Gasteiger partial charge in [0.1, 0.15) is 5.41 Å². The van der Waals surface area contributed by atoms with E-state index in [9.17, 15) is 14.4 Å². The molecule has 0 radical (unpaired) electrons. The minimum Gasteiger partial charge on any atom is -0.277 e. The Morgan fingerprint density at radius 2 is 1.56 bits per heavy atom. The molecule has 5 nitrogen and oxygen atoms in total. The predicted molar refractivity (Wildman–Crippen MR) is 62.5 cm³/mol. The van der Waals surface area contributed by atoms with Crippen LogP contribution in [0.25, 0.3) is 0 Å². The highest BCUT2D eigenvalue weighted by molar-refractivity contribution is 6.22. The first-order chi connectivity index (χ1) is 8.58. The summed E-state index contributed by atoms with van der Waals surface area (Å²) in [7, 11) is 0. The summed E-state index contributed by atoms with van der Waals surface area (Å²) in [5, 5.41) is 4.37. The highest BCUT2D eigenvalue weighted by Gasteiger charge is 2.74. The van der Waals surface area contributed by atoms with Gasteiger partial charge in [-0.25, -0.2) is 4.79 Å². The fraction of sp³-hybridized carbons (Fsp3) is 0.308. The zero-order chi connectivity index (χ0) is 12.9. The maximum atomic E-state index is 12.0. The van der Waals surface area contributed by atoms with E-state index in [-0.39, 0.29) is 11.8 Å². The molecule has 1 aromatic rings. The van der Waals surface area contributed by atoms with Crippen LogP contribution in [0, 0.1) is 11.3 Å². The van der Waals surface area contributed by atoms with E-state index in [1.54, 1.807) is 0 Å². The van der Waals surface area contributed by atoms with Gasteiger partial charge in [-0.3, -0.25) is 20.2 Å². The first kappa shape index (κ1) is 11.0. The molecule has 1 saturated carbocycles. The van der Waals surface area contributed by atoms with E-state index in [4.69, 9.17) is 0 Å². The molecule has 0 bridgehead atoms. The summed E-state index contributed by atoms with van der Waals surface area (Å²) in [5.74, 6) is -1.24. The maximum absolute atomic E-state index is 12.0. The number of barbiturate groups is 1. The van der Waals surface area contributed by atoms with Crippen molar-refractivity contribution in [3.8, 4) is 0 Å². The van der Waals surface area contributed by atoms with Gasteiger partial charge >= 0.3 is 6.03 Å². The Morgan fingerprint density at radius 1 is 1.00 bits per heavy atom. The van der Waals surface area contributed by atoms with Crippen LogP contribution in [0.5, 0.6) is 0 Å². The number of hydrogen-bond acceptors (Lipinski definition) is 3. The van der Waals surface area contributed by atoms with E-state index in [2.05, 4.69) is 10.6 Å². The molecule has 2 fully saturated rings. The van der Waals surface area contributed by atoms with Crippen molar-refractivity contribution in [1.82, 2.24) is 10.6 Å². The van der Waals surface area contributed by atoms with Crippen molar-refractivity contribution >= 4 is 17.8 Å². The van der Waals surface area contributed by atoms with E-state index in [0.29, 0.717) is 0 Å². The van der Waals surface area contributed by atoms with Crippen molar-refractivity contribution < 1.29 is 14.4 Å². The number of hydrogen-bond donors (Lipinski definition) is 2. The minimum atomic E-state index is -1.12. The molecule has 1 saturated heterocycles. The van der Waals surface area contributed by atoms with Crippen molar-refractivity contribution in [3.63, 3.8) is 0 Å². The van der Waals surface area contributed by atoms with Crippen LogP contribution in [-0.2, 0) is 9.59 Å². The molecule has 18 heavy (non-hydrogen) atoms. The summed E-state index contributed by atoms with van der Waals surface area (Å²) in [4.78, 5) is 35.1. The SMILES string of the molecule is C[C@H]1[C@@H](c2ccccc2)C12C(=O)NC(=O)NC2=O. The highest BCUT2D eigenvalue weighted by Crippen LogP contribution is 2.65. The predicted octanol–water partition coefficient (Wildman–Crippen LogP) is 0.772. The first-order valence-corrected chi connectivity index (χ1v) is 5.80. The van der Waals surface area contributed by atoms with Crippen LogP contribution in [0.3, 0.4) is 0 Å². The Balaban J connectivity index is 2.00. The number of urea groups is 1. The van der Waals surface area contributed by atoms with Gasteiger partial charge < -0.3 is 0 Å². The molecule has 1 heterocycles. The molecule has 0 unspecified atom stereocenters. The van der Waals surface area contributed by atoms with Crippen molar-refractivity contribution in [3.05, 3.63) is 35.9 Å². The Hall–Kier alpha value is -2.17. The van der Waals surface area contributed by atoms with Gasteiger partial charge in [0.25, 0.3) is 0 Å². The molecule has 0 aromatic heterocycles. The molecule has 1 aromatic carbocycles. The van der Waals surface area contributed by atoms with Crippen LogP contribution < -0.4 is 10.6 Å². The molecule has 1 aliphatic heterocycles. The Kier molecular flexibility index (Phi) is 2.08. The van der Waals surface area contributed by atoms with E-state index < -0.39 is 23.3 Å². The number of benzene rings is 1. The lowest BCUT2D eigenvalue weighted by Gasteiger charge is -2.21. The van der Waals surface area contributed by atoms with Crippen molar-refractivity contribution in [2.75, 3.05) is 0 Å². The van der Waals surface area contributed by atoms with Gasteiger partial charge in [0.2, 0.25) is 11.8 Å². The van der Waals surface area contributed by atoms with Gasteiger partial charge in [-0.1, -0.05) is 37.3 Å². The Labute approximate surface area is 104 Å². The average Bonchev–Trinajstić information content (AvgIpc) is 2.95. The smallest absolute Gasteiger partial charge is 0.277 e. The summed E-state index contributed by atoms with van der Waals surface area (Å²) >= 11 is 0. The second-order valence-electron chi connectivity index (χ2n) is 4.78. The van der Waals surface area contributed by atoms with Gasteiger partial charge in [-0.2, -0.15) is 0 Å². The van der Waals surface area contributed by atoms with Gasteiger partial charge in [0.15, 0.2) is 0 Å². The Bertz CT molecular complexity index is 533. The number of imide groups is 2. The standard InChI is InChI=1S/C13H12N2O3/c1-7-9(8-5-3-2-4-6-8)13(7)10(16)14-12(18)15-11(13)17/h2-7,9H,1H3,(H2,14,15,16,17,18)/t7-,9-/m0/s1. The second kappa shape index (κ2) is 3.41. The largest absolute Gasteiger partial charge is 0.328 e. The number of carbonyl (C=O) groups excluding carboxylic acids is 3. The molecule has 92 valence electrons. The molecular weight excluding hydrogens is 232 g/mol. The van der Waals surface area contributed by atoms with Crippen molar-refractivity contribution in [2.45, 2.75) is 12.8 Å². The second-order valence-corrected chi connectivity index (χ2v) is 4.78. The molecule has 3 rings (SSSR count). The van der Waals surface area contributed by atoms with Crippen LogP contribution in [-0.4, -0.2) is 17.8 Å². The van der Waals surface area contributed by atoms with Crippen LogP contribution in [0.1, 0.15) is 18.4 Å². The third-order valence-electron chi connectivity index (χ3n) is 3.96. The zero-order valence-electron chi connectivity index (χ0n) is 9.77. The first-order valence-electron chi connectivity index (χ1n) is 5.80. The third-order valence-corrected chi connectivity index (χ3v) is 3.96. The van der Waals surface area contributed by atoms with E-state index in [1.165, 1.54) is 0 Å². The maximum Gasteiger partial charge on any atom is 0.328 e. The summed E-state index contributed by atoms with van der Waals surface area (Å²) in [6.45, 7) is 1.85. The van der Waals surface area contributed by atoms with Gasteiger partial charge in [0, 0.05) is 5.92 Å². The van der Waals surface area contributed by atoms with E-state index in [0.717, 1.165) is 5.56 Å². The highest BCUT2D eigenvalue weighted by atomic mass is 16.2. The van der Waals surface area contributed by atoms with E-state index in [1.807, 2.05) is 37.3 Å². The molecule has 1 spiro atoms. The topological polar surface area (TPSA) is 75.3 Å². The lowest BCUT2D eigenvalue weighted by atomic mass is 9.95. The fourth-order valence-corrected chi connectivity index (χ4v) is 3.02. The summed E-state index contributed by atoms with van der Waals surface area (Å²) in [5.41, 5.74) is -0.167. The summed E-state index contributed by atoms with van der Waals surface area (Å²) in [6, 6.07) is 8.69. The normalized spacial score (nSPS) is 28.8. The van der Waals surface area contributed by atoms with Crippen LogP contribution in [0.4, 0.5) is 4.79 Å². The fourth-order valence-electron chi connectivity index (χ4n) is 3.02. The number of nitrogens with one attached hydrogen (secondary N) is 2. The van der Waals surface area contributed by atoms with Gasteiger partial charge in [-0.05, 0) is 11.5 Å². The van der Waals surface area contributed by atoms with Crippen molar-refractivity contribution in [2.24, 2.45) is 11.3 Å². The van der Waals surface area contributed by atoms with Crippen LogP contribution >= 0.6 is 0 Å². The molecule has 2 aliphatic rings. The van der Waals surface area contributed by atoms with Crippen LogP contribution in [0.15, 0.2) is 30.3 Å². The molecule has 1 aliphatic carbocycles. The molecule has 2 N–H and O–H groups in total. The molecule has 4 amide bonds. The lowest BCUT2D eigenvalue weighted by Crippen LogP contribution is -2.58. The molecule has 5 heteroatoms. The zero-order valence-corrected chi connectivity index (χ0v) is 9.77. The van der Waals surface area contributed by atoms with Crippen molar-refractivity contribution in [1.29, 1.82) is 0 Å². The van der Waals surface area contributed by atoms with Crippen LogP contribution in [0.2, 0.25) is 0 Å². The van der Waals surface area contributed by atoms with Gasteiger partial charge in [0.05, 0.1) is 0 Å². The number of amides is 4. The molecular formula is C13H12N2O3. The monoisotopic (exact) mass is 244 g/mol. The molecule has 2 atom stereocenters. The van der Waals surface area contributed by atoms with E-state index >= 15 is 0 Å². The summed E-state index contributed by atoms with van der Waals surface area (Å²) < 4.78 is 0.